The van der Waals surface area contributed by atoms with Crippen molar-refractivity contribution in [1.82, 2.24) is 0 Å². The highest BCUT2D eigenvalue weighted by molar-refractivity contribution is 7.10. The Labute approximate surface area is 216 Å². The maximum atomic E-state index is 13.4. The third-order valence-corrected chi connectivity index (χ3v) is 6.91. The van der Waals surface area contributed by atoms with Crippen molar-refractivity contribution < 1.29 is 9.59 Å². The van der Waals surface area contributed by atoms with Crippen LogP contribution in [0.15, 0.2) is 99.6 Å². The topological polar surface area (TPSA) is 65.3 Å². The third kappa shape index (κ3) is 6.51. The van der Waals surface area contributed by atoms with Crippen molar-refractivity contribution in [3.8, 4) is 0 Å². The van der Waals surface area contributed by atoms with Gasteiger partial charge in [-0.15, -0.1) is 22.7 Å². The molecule has 0 aliphatic rings. The van der Waals surface area contributed by atoms with Crippen molar-refractivity contribution in [2.24, 2.45) is 9.98 Å². The van der Waals surface area contributed by atoms with E-state index in [0.717, 1.165) is 14.8 Å². The minimum atomic E-state index is -0.666. The number of benzene rings is 2. The summed E-state index contributed by atoms with van der Waals surface area (Å²) >= 11 is 9.63. The first-order chi connectivity index (χ1) is 17.1. The quantitative estimate of drug-likeness (QED) is 0.194. The summed E-state index contributed by atoms with van der Waals surface area (Å²) in [4.78, 5) is 37.3. The monoisotopic (exact) mass is 520 g/mol. The number of para-hydroxylation sites is 2. The van der Waals surface area contributed by atoms with Gasteiger partial charge in [-0.2, -0.15) is 10.0 Å². The molecule has 2 heterocycles. The van der Waals surface area contributed by atoms with Crippen molar-refractivity contribution >= 4 is 70.1 Å². The first-order valence-electron chi connectivity index (χ1n) is 10.7. The van der Waals surface area contributed by atoms with Crippen LogP contribution < -0.4 is 10.0 Å². The van der Waals surface area contributed by atoms with Crippen LogP contribution in [-0.4, -0.2) is 24.5 Å². The molecule has 6 nitrogen and oxygen atoms in total. The van der Waals surface area contributed by atoms with Crippen molar-refractivity contribution in [2.45, 2.75) is 12.8 Å². The van der Waals surface area contributed by atoms with Crippen molar-refractivity contribution in [2.75, 3.05) is 10.0 Å². The highest BCUT2D eigenvalue weighted by Gasteiger charge is 2.30. The van der Waals surface area contributed by atoms with Crippen molar-refractivity contribution in [3.05, 3.63) is 104 Å². The summed E-state index contributed by atoms with van der Waals surface area (Å²) in [6.07, 6.45) is 4.08. The number of aliphatic imine (C=N–C) groups is 2. The number of hydrogen-bond donors (Lipinski definition) is 0. The largest absolute Gasteiger partial charge is 0.367 e. The number of rotatable bonds is 6. The van der Waals surface area contributed by atoms with Crippen LogP contribution in [0.1, 0.15) is 9.75 Å². The maximum Gasteiger partial charge on any atom is 0.367 e. The number of thiophene rings is 2. The summed E-state index contributed by atoms with van der Waals surface area (Å²) in [5.74, 6) is 0. The molecular weight excluding hydrogens is 500 g/mol. The summed E-state index contributed by atoms with van der Waals surface area (Å²) < 4.78 is 0. The van der Waals surface area contributed by atoms with Crippen LogP contribution in [-0.2, 0) is 12.8 Å². The lowest BCUT2D eigenvalue weighted by atomic mass is 10.3. The summed E-state index contributed by atoms with van der Waals surface area (Å²) in [7, 11) is 0. The highest BCUT2D eigenvalue weighted by Crippen LogP contribution is 2.30. The molecule has 0 radical (unpaired) electrons. The Bertz CT molecular complexity index is 1310. The smallest absolute Gasteiger partial charge is 0.244 e. The molecule has 35 heavy (non-hydrogen) atoms. The zero-order chi connectivity index (χ0) is 24.5. The molecule has 0 N–H and O–H groups in total. The molecule has 0 aliphatic heterocycles. The second-order valence-electron chi connectivity index (χ2n) is 7.17. The zero-order valence-electron chi connectivity index (χ0n) is 18.5. The fourth-order valence-corrected chi connectivity index (χ4v) is 4.73. The zero-order valence-corrected chi connectivity index (χ0v) is 20.9. The van der Waals surface area contributed by atoms with E-state index >= 15 is 0 Å². The fraction of sp³-hybridized carbons (Fsp3) is 0.0769. The van der Waals surface area contributed by atoms with E-state index in [1.165, 1.54) is 11.2 Å². The number of nitrogens with zero attached hydrogens (tertiary/aromatic N) is 4. The van der Waals surface area contributed by atoms with Gasteiger partial charge < -0.3 is 0 Å². The van der Waals surface area contributed by atoms with Gasteiger partial charge in [0, 0.05) is 35.0 Å². The van der Waals surface area contributed by atoms with Gasteiger partial charge >= 0.3 is 12.1 Å². The van der Waals surface area contributed by atoms with Gasteiger partial charge in [0.2, 0.25) is 0 Å². The van der Waals surface area contributed by atoms with Crippen LogP contribution in [0.2, 0.25) is 5.02 Å². The van der Waals surface area contributed by atoms with Crippen molar-refractivity contribution in [1.29, 1.82) is 0 Å². The van der Waals surface area contributed by atoms with Crippen LogP contribution in [0.4, 0.5) is 21.0 Å². The molecule has 0 fully saturated rings. The van der Waals surface area contributed by atoms with Crippen LogP contribution in [0.3, 0.4) is 0 Å². The van der Waals surface area contributed by atoms with Gasteiger partial charge in [-0.25, -0.2) is 19.6 Å². The summed E-state index contributed by atoms with van der Waals surface area (Å²) in [5.41, 5.74) is 0.769. The second kappa shape index (κ2) is 12.2. The molecule has 9 heteroatoms. The molecule has 0 unspecified atom stereocenters. The summed E-state index contributed by atoms with van der Waals surface area (Å²) in [6.45, 7) is 0. The molecule has 4 amide bonds. The number of amides is 4. The number of halogens is 1. The molecule has 4 aromatic rings. The van der Waals surface area contributed by atoms with Crippen LogP contribution in [0.25, 0.3) is 0 Å². The standard InChI is InChI=1S/C26H21ClN4O2S2/c27-23-12-4-5-13-24(23)31(26(33)29-17-15-22-11-7-19-35-22)30(20-8-2-1-3-9-20)25(32)28-16-14-21-10-6-18-34-21/h1-13,16-19H,14-15H2. The molecule has 4 rings (SSSR count). The fourth-order valence-electron chi connectivity index (χ4n) is 3.19. The van der Waals surface area contributed by atoms with E-state index in [9.17, 15) is 9.59 Å². The molecular formula is C26H21ClN4O2S2. The van der Waals surface area contributed by atoms with Crippen molar-refractivity contribution in [3.63, 3.8) is 0 Å². The number of anilines is 2. The van der Waals surface area contributed by atoms with E-state index in [-0.39, 0.29) is 0 Å². The van der Waals surface area contributed by atoms with E-state index in [1.54, 1.807) is 77.4 Å². The van der Waals surface area contributed by atoms with Gasteiger partial charge in [0.25, 0.3) is 0 Å². The third-order valence-electron chi connectivity index (χ3n) is 4.79. The van der Waals surface area contributed by atoms with Gasteiger partial charge in [-0.1, -0.05) is 54.1 Å². The number of carbonyl (C=O) groups excluding carboxylic acids is 2. The van der Waals surface area contributed by atoms with Gasteiger partial charge in [-0.3, -0.25) is 0 Å². The predicted molar refractivity (Wildman–Crippen MR) is 147 cm³/mol. The van der Waals surface area contributed by atoms with Crippen LogP contribution in [0.5, 0.6) is 0 Å². The molecule has 0 atom stereocenters. The maximum absolute atomic E-state index is 13.4. The molecule has 0 aliphatic carbocycles. The average Bonchev–Trinajstić information content (AvgIpc) is 3.58. The number of carbonyl (C=O) groups is 2. The average molecular weight is 521 g/mol. The summed E-state index contributed by atoms with van der Waals surface area (Å²) in [5, 5.41) is 6.58. The molecule has 0 saturated heterocycles. The lowest BCUT2D eigenvalue weighted by molar-refractivity contribution is 0.245. The Kier molecular flexibility index (Phi) is 8.56. The molecule has 0 bridgehead atoms. The molecule has 0 spiro atoms. The minimum absolute atomic E-state index is 0.297. The van der Waals surface area contributed by atoms with Crippen LogP contribution >= 0.6 is 34.3 Å². The molecule has 2 aromatic heterocycles. The van der Waals surface area contributed by atoms with Gasteiger partial charge in [0.05, 0.1) is 16.4 Å². The van der Waals surface area contributed by atoms with E-state index in [4.69, 9.17) is 11.6 Å². The number of hydrazine groups is 1. The number of hydrogen-bond acceptors (Lipinski definition) is 4. The van der Waals surface area contributed by atoms with Gasteiger partial charge in [-0.05, 0) is 47.2 Å². The van der Waals surface area contributed by atoms with E-state index < -0.39 is 12.1 Å². The van der Waals surface area contributed by atoms with E-state index in [2.05, 4.69) is 9.98 Å². The van der Waals surface area contributed by atoms with Gasteiger partial charge in [0.1, 0.15) is 0 Å². The lowest BCUT2D eigenvalue weighted by Gasteiger charge is -2.32. The lowest BCUT2D eigenvalue weighted by Crippen LogP contribution is -2.49. The molecule has 0 saturated carbocycles. The first kappa shape index (κ1) is 24.5. The Morgan fingerprint density at radius 2 is 1.26 bits per heavy atom. The Balaban J connectivity index is 1.69. The predicted octanol–water partition coefficient (Wildman–Crippen LogP) is 7.56. The number of urea groups is 2. The molecule has 176 valence electrons. The highest BCUT2D eigenvalue weighted by atomic mass is 35.5. The minimum Gasteiger partial charge on any atom is -0.244 e. The SMILES string of the molecule is O=C(N=CCc1cccs1)N(c1ccccc1)N(C(=O)N=CCc1cccs1)c1ccccc1Cl. The first-order valence-corrected chi connectivity index (χ1v) is 12.8. The Morgan fingerprint density at radius 1 is 0.714 bits per heavy atom. The van der Waals surface area contributed by atoms with E-state index in [1.807, 2.05) is 41.1 Å². The van der Waals surface area contributed by atoms with Crippen LogP contribution in [0, 0.1) is 0 Å². The second-order valence-corrected chi connectivity index (χ2v) is 9.64. The molecule has 2 aromatic carbocycles. The van der Waals surface area contributed by atoms with E-state index in [0.29, 0.717) is 29.2 Å². The normalized spacial score (nSPS) is 11.2. The van der Waals surface area contributed by atoms with Gasteiger partial charge in [0.15, 0.2) is 0 Å². The summed E-state index contributed by atoms with van der Waals surface area (Å²) in [6, 6.07) is 22.1. The Hall–Kier alpha value is -3.59. The Morgan fingerprint density at radius 3 is 1.80 bits per heavy atom.